The van der Waals surface area contributed by atoms with Gasteiger partial charge in [-0.15, -0.1) is 0 Å². The van der Waals surface area contributed by atoms with Crippen LogP contribution in [0, 0.1) is 18.6 Å². The number of para-hydroxylation sites is 1. The van der Waals surface area contributed by atoms with Gasteiger partial charge in [-0.1, -0.05) is 35.9 Å². The van der Waals surface area contributed by atoms with Gasteiger partial charge >= 0.3 is 0 Å². The van der Waals surface area contributed by atoms with Crippen LogP contribution >= 0.6 is 0 Å². The number of benzene rings is 2. The molecule has 0 radical (unpaired) electrons. The fourth-order valence-corrected chi connectivity index (χ4v) is 2.27. The highest BCUT2D eigenvalue weighted by Gasteiger charge is 2.15. The summed E-state index contributed by atoms with van der Waals surface area (Å²) in [5.74, 6) is -2.01. The number of carbonyl (C=O) groups is 1. The van der Waals surface area contributed by atoms with Gasteiger partial charge in [-0.2, -0.15) is 0 Å². The number of nitrogens with zero attached hydrogens (tertiary/aromatic N) is 2. The summed E-state index contributed by atoms with van der Waals surface area (Å²) in [5.41, 5.74) is 1.70. The molecule has 0 atom stereocenters. The molecule has 0 bridgehead atoms. The first kappa shape index (κ1) is 17.5. The van der Waals surface area contributed by atoms with E-state index in [1.807, 2.05) is 31.2 Å². The lowest BCUT2D eigenvalue weighted by Crippen LogP contribution is -2.16. The lowest BCUT2D eigenvalue weighted by Gasteiger charge is -2.09. The minimum atomic E-state index is -0.856. The normalized spacial score (nSPS) is 10.4. The SMILES string of the molecule is Cc1ccc(CNc2cc(C(=O)Nc3c(F)cccc3F)ncn2)cc1. The molecule has 0 aliphatic carbocycles. The summed E-state index contributed by atoms with van der Waals surface area (Å²) < 4.78 is 27.3. The van der Waals surface area contributed by atoms with E-state index in [9.17, 15) is 13.6 Å². The average molecular weight is 354 g/mol. The second-order valence-electron chi connectivity index (χ2n) is 5.68. The monoisotopic (exact) mass is 354 g/mol. The molecular weight excluding hydrogens is 338 g/mol. The smallest absolute Gasteiger partial charge is 0.274 e. The third-order valence-corrected chi connectivity index (χ3v) is 3.70. The van der Waals surface area contributed by atoms with Crippen molar-refractivity contribution >= 4 is 17.4 Å². The molecule has 0 fully saturated rings. The second kappa shape index (κ2) is 7.69. The predicted octanol–water partition coefficient (Wildman–Crippen LogP) is 3.93. The van der Waals surface area contributed by atoms with Crippen molar-refractivity contribution in [3.63, 3.8) is 0 Å². The van der Waals surface area contributed by atoms with Gasteiger partial charge in [-0.05, 0) is 24.6 Å². The van der Waals surface area contributed by atoms with Crippen molar-refractivity contribution in [2.24, 2.45) is 0 Å². The van der Waals surface area contributed by atoms with Crippen LogP contribution in [0.4, 0.5) is 20.3 Å². The molecule has 0 saturated carbocycles. The van der Waals surface area contributed by atoms with Crippen LogP contribution in [-0.2, 0) is 6.54 Å². The Morgan fingerprint density at radius 3 is 2.42 bits per heavy atom. The maximum Gasteiger partial charge on any atom is 0.274 e. The van der Waals surface area contributed by atoms with E-state index < -0.39 is 23.2 Å². The topological polar surface area (TPSA) is 66.9 Å². The van der Waals surface area contributed by atoms with E-state index in [2.05, 4.69) is 20.6 Å². The van der Waals surface area contributed by atoms with E-state index in [0.717, 1.165) is 23.3 Å². The van der Waals surface area contributed by atoms with Crippen LogP contribution in [0.5, 0.6) is 0 Å². The van der Waals surface area contributed by atoms with Gasteiger partial charge in [0.2, 0.25) is 0 Å². The number of halogens is 2. The van der Waals surface area contributed by atoms with E-state index in [-0.39, 0.29) is 5.69 Å². The molecule has 0 aliphatic rings. The minimum absolute atomic E-state index is 0.00550. The molecule has 26 heavy (non-hydrogen) atoms. The van der Waals surface area contributed by atoms with Crippen LogP contribution in [0.2, 0.25) is 0 Å². The molecule has 3 rings (SSSR count). The summed E-state index contributed by atoms with van der Waals surface area (Å²) in [4.78, 5) is 20.1. The molecule has 2 N–H and O–H groups in total. The third kappa shape index (κ3) is 4.18. The molecule has 0 aliphatic heterocycles. The highest BCUT2D eigenvalue weighted by atomic mass is 19.1. The largest absolute Gasteiger partial charge is 0.366 e. The van der Waals surface area contributed by atoms with Gasteiger partial charge in [-0.25, -0.2) is 18.7 Å². The van der Waals surface area contributed by atoms with Crippen LogP contribution in [0.15, 0.2) is 54.9 Å². The first-order valence-corrected chi connectivity index (χ1v) is 7.90. The van der Waals surface area contributed by atoms with E-state index in [0.29, 0.717) is 12.4 Å². The fraction of sp³-hybridized carbons (Fsp3) is 0.105. The van der Waals surface area contributed by atoms with E-state index in [4.69, 9.17) is 0 Å². The zero-order valence-electron chi connectivity index (χ0n) is 14.0. The number of rotatable bonds is 5. The molecule has 1 heterocycles. The van der Waals surface area contributed by atoms with Gasteiger partial charge in [0.1, 0.15) is 35.2 Å². The number of aromatic nitrogens is 2. The Bertz CT molecular complexity index is 909. The Kier molecular flexibility index (Phi) is 5.17. The van der Waals surface area contributed by atoms with Crippen molar-refractivity contribution in [2.75, 3.05) is 10.6 Å². The number of hydrogen-bond donors (Lipinski definition) is 2. The number of hydrogen-bond acceptors (Lipinski definition) is 4. The summed E-state index contributed by atoms with van der Waals surface area (Å²) in [7, 11) is 0. The number of anilines is 2. The van der Waals surface area contributed by atoms with E-state index in [1.54, 1.807) is 0 Å². The number of nitrogens with one attached hydrogen (secondary N) is 2. The third-order valence-electron chi connectivity index (χ3n) is 3.70. The van der Waals surface area contributed by atoms with Crippen LogP contribution in [0.25, 0.3) is 0 Å². The van der Waals surface area contributed by atoms with Crippen molar-refractivity contribution in [3.05, 3.63) is 83.3 Å². The fourth-order valence-electron chi connectivity index (χ4n) is 2.27. The van der Waals surface area contributed by atoms with Crippen LogP contribution in [-0.4, -0.2) is 15.9 Å². The minimum Gasteiger partial charge on any atom is -0.366 e. The molecule has 0 spiro atoms. The molecule has 3 aromatic rings. The first-order chi connectivity index (χ1) is 12.5. The lowest BCUT2D eigenvalue weighted by atomic mass is 10.1. The quantitative estimate of drug-likeness (QED) is 0.729. The van der Waals surface area contributed by atoms with Crippen molar-refractivity contribution in [1.29, 1.82) is 0 Å². The summed E-state index contributed by atoms with van der Waals surface area (Å²) in [6, 6.07) is 12.7. The molecule has 0 unspecified atom stereocenters. The van der Waals surface area contributed by atoms with Gasteiger partial charge in [-0.3, -0.25) is 4.79 Å². The molecule has 2 aromatic carbocycles. The van der Waals surface area contributed by atoms with Gasteiger partial charge in [0, 0.05) is 12.6 Å². The number of carbonyl (C=O) groups excluding carboxylic acids is 1. The first-order valence-electron chi connectivity index (χ1n) is 7.90. The highest BCUT2D eigenvalue weighted by Crippen LogP contribution is 2.19. The van der Waals surface area contributed by atoms with Gasteiger partial charge in [0.15, 0.2) is 0 Å². The highest BCUT2D eigenvalue weighted by molar-refractivity contribution is 6.03. The number of aryl methyl sites for hydroxylation is 1. The number of amides is 1. The zero-order chi connectivity index (χ0) is 18.5. The van der Waals surface area contributed by atoms with Crippen LogP contribution in [0.1, 0.15) is 21.6 Å². The summed E-state index contributed by atoms with van der Waals surface area (Å²) in [6.07, 6.45) is 1.21. The lowest BCUT2D eigenvalue weighted by molar-refractivity contribution is 0.102. The molecule has 1 aromatic heterocycles. The molecule has 132 valence electrons. The van der Waals surface area contributed by atoms with Gasteiger partial charge in [0.05, 0.1) is 0 Å². The summed E-state index contributed by atoms with van der Waals surface area (Å²) in [6.45, 7) is 2.52. The van der Waals surface area contributed by atoms with Crippen LogP contribution < -0.4 is 10.6 Å². The summed E-state index contributed by atoms with van der Waals surface area (Å²) >= 11 is 0. The molecule has 7 heteroatoms. The summed E-state index contributed by atoms with van der Waals surface area (Å²) in [5, 5.41) is 5.28. The van der Waals surface area contributed by atoms with Crippen molar-refractivity contribution in [3.8, 4) is 0 Å². The van der Waals surface area contributed by atoms with Crippen molar-refractivity contribution < 1.29 is 13.6 Å². The standard InChI is InChI=1S/C19H16F2N4O/c1-12-5-7-13(8-6-12)10-22-17-9-16(23-11-24-17)19(26)25-18-14(20)3-2-4-15(18)21/h2-9,11H,10H2,1H3,(H,25,26)(H,22,23,24). The van der Waals surface area contributed by atoms with Gasteiger partial charge in [0.25, 0.3) is 5.91 Å². The zero-order valence-corrected chi connectivity index (χ0v) is 14.0. The Balaban J connectivity index is 1.70. The second-order valence-corrected chi connectivity index (χ2v) is 5.68. The Morgan fingerprint density at radius 1 is 1.04 bits per heavy atom. The Hall–Kier alpha value is -3.35. The Morgan fingerprint density at radius 2 is 1.73 bits per heavy atom. The molecule has 1 amide bonds. The maximum absolute atomic E-state index is 13.6. The molecule has 5 nitrogen and oxygen atoms in total. The van der Waals surface area contributed by atoms with Crippen molar-refractivity contribution in [1.82, 2.24) is 9.97 Å². The predicted molar refractivity (Wildman–Crippen MR) is 94.8 cm³/mol. The van der Waals surface area contributed by atoms with Crippen LogP contribution in [0.3, 0.4) is 0 Å². The van der Waals surface area contributed by atoms with Gasteiger partial charge < -0.3 is 10.6 Å². The molecule has 0 saturated heterocycles. The average Bonchev–Trinajstić information content (AvgIpc) is 2.64. The van der Waals surface area contributed by atoms with E-state index in [1.165, 1.54) is 18.5 Å². The Labute approximate surface area is 149 Å². The van der Waals surface area contributed by atoms with Crippen molar-refractivity contribution in [2.45, 2.75) is 13.5 Å². The van der Waals surface area contributed by atoms with E-state index >= 15 is 0 Å². The maximum atomic E-state index is 13.6. The molecular formula is C19H16F2N4O.